The highest BCUT2D eigenvalue weighted by atomic mass is 32.2. The van der Waals surface area contributed by atoms with Gasteiger partial charge in [0.1, 0.15) is 11.5 Å². The minimum atomic E-state index is -3.46. The van der Waals surface area contributed by atoms with Gasteiger partial charge in [0, 0.05) is 43.1 Å². The lowest BCUT2D eigenvalue weighted by atomic mass is 10.1. The van der Waals surface area contributed by atoms with Gasteiger partial charge in [-0.25, -0.2) is 18.4 Å². The standard InChI is InChI=1S/C24H25N5O5S/c1-35(32,33)21-10-9-18(14-27-21)34-20-13-16(24(31)28-23-19(25)5-4-11-26-23)7-8-17(20)15-29-12-3-2-6-22(29)30/h4-5,7-11,13-14H,2-3,6,12,15,25H2,1H3,(H,26,28,31). The Hall–Kier alpha value is -3.99. The van der Waals surface area contributed by atoms with E-state index in [1.165, 1.54) is 24.5 Å². The van der Waals surface area contributed by atoms with E-state index in [9.17, 15) is 18.0 Å². The number of nitrogens with one attached hydrogen (secondary N) is 1. The number of benzene rings is 1. The van der Waals surface area contributed by atoms with Crippen LogP contribution in [-0.4, -0.2) is 47.9 Å². The zero-order valence-electron chi connectivity index (χ0n) is 19.1. The third-order valence-corrected chi connectivity index (χ3v) is 6.50. The predicted octanol–water partition coefficient (Wildman–Crippen LogP) is 3.02. The molecule has 35 heavy (non-hydrogen) atoms. The van der Waals surface area contributed by atoms with Gasteiger partial charge in [-0.1, -0.05) is 6.07 Å². The third-order valence-electron chi connectivity index (χ3n) is 5.50. The van der Waals surface area contributed by atoms with E-state index < -0.39 is 15.7 Å². The van der Waals surface area contributed by atoms with E-state index in [0.717, 1.165) is 19.1 Å². The highest BCUT2D eigenvalue weighted by molar-refractivity contribution is 7.90. The summed E-state index contributed by atoms with van der Waals surface area (Å²) in [5.74, 6) is 0.498. The van der Waals surface area contributed by atoms with E-state index in [-0.39, 0.29) is 22.5 Å². The molecule has 0 atom stereocenters. The van der Waals surface area contributed by atoms with Gasteiger partial charge in [0.2, 0.25) is 5.91 Å². The zero-order valence-corrected chi connectivity index (χ0v) is 19.9. The maximum atomic E-state index is 12.9. The molecule has 3 aromatic rings. The van der Waals surface area contributed by atoms with Crippen molar-refractivity contribution >= 4 is 33.2 Å². The fourth-order valence-corrected chi connectivity index (χ4v) is 4.19. The van der Waals surface area contributed by atoms with Gasteiger partial charge in [-0.05, 0) is 49.2 Å². The fourth-order valence-electron chi connectivity index (χ4n) is 3.63. The van der Waals surface area contributed by atoms with Crippen LogP contribution in [0, 0.1) is 0 Å². The van der Waals surface area contributed by atoms with Gasteiger partial charge in [0.25, 0.3) is 5.91 Å². The number of pyridine rings is 2. The topological polar surface area (TPSA) is 145 Å². The quantitative estimate of drug-likeness (QED) is 0.509. The van der Waals surface area contributed by atoms with Gasteiger partial charge in [-0.15, -0.1) is 0 Å². The van der Waals surface area contributed by atoms with Crippen LogP contribution in [0.4, 0.5) is 11.5 Å². The van der Waals surface area contributed by atoms with E-state index in [1.54, 1.807) is 35.2 Å². The average molecular weight is 496 g/mol. The first-order chi connectivity index (χ1) is 16.7. The number of ether oxygens (including phenoxy) is 1. The van der Waals surface area contributed by atoms with Gasteiger partial charge in [-0.3, -0.25) is 9.59 Å². The number of amides is 2. The van der Waals surface area contributed by atoms with Gasteiger partial charge >= 0.3 is 0 Å². The Bertz CT molecular complexity index is 1360. The molecule has 1 fully saturated rings. The van der Waals surface area contributed by atoms with E-state index >= 15 is 0 Å². The number of sulfone groups is 1. The molecule has 0 spiro atoms. The van der Waals surface area contributed by atoms with E-state index in [0.29, 0.717) is 42.1 Å². The number of nitrogen functional groups attached to an aromatic ring is 1. The van der Waals surface area contributed by atoms with Crippen molar-refractivity contribution in [1.82, 2.24) is 14.9 Å². The maximum absolute atomic E-state index is 12.9. The normalized spacial score (nSPS) is 14.0. The minimum Gasteiger partial charge on any atom is -0.455 e. The summed E-state index contributed by atoms with van der Waals surface area (Å²) in [6, 6.07) is 11.0. The molecule has 1 aromatic carbocycles. The summed E-state index contributed by atoms with van der Waals surface area (Å²) >= 11 is 0. The Morgan fingerprint density at radius 3 is 2.69 bits per heavy atom. The molecule has 182 valence electrons. The van der Waals surface area contributed by atoms with Crippen LogP contribution in [0.3, 0.4) is 0 Å². The Labute approximate surface area is 203 Å². The molecule has 3 N–H and O–H groups in total. The molecule has 11 heteroatoms. The second kappa shape index (κ2) is 10.1. The zero-order chi connectivity index (χ0) is 25.0. The molecule has 2 aromatic heterocycles. The molecule has 1 saturated heterocycles. The molecular weight excluding hydrogens is 470 g/mol. The van der Waals surface area contributed by atoms with E-state index in [1.807, 2.05) is 0 Å². The van der Waals surface area contributed by atoms with Gasteiger partial charge in [-0.2, -0.15) is 0 Å². The number of carbonyl (C=O) groups is 2. The molecule has 10 nitrogen and oxygen atoms in total. The number of anilines is 2. The molecule has 4 rings (SSSR count). The van der Waals surface area contributed by atoms with Crippen LogP contribution in [0.2, 0.25) is 0 Å². The Morgan fingerprint density at radius 1 is 1.17 bits per heavy atom. The summed E-state index contributed by atoms with van der Waals surface area (Å²) in [7, 11) is -3.46. The van der Waals surface area contributed by atoms with E-state index in [2.05, 4.69) is 15.3 Å². The lowest BCUT2D eigenvalue weighted by Crippen LogP contribution is -2.34. The number of likely N-dealkylation sites (tertiary alicyclic amines) is 1. The third kappa shape index (κ3) is 5.93. The molecule has 0 radical (unpaired) electrons. The molecule has 0 unspecified atom stereocenters. The van der Waals surface area contributed by atoms with Crippen LogP contribution < -0.4 is 15.8 Å². The van der Waals surface area contributed by atoms with Crippen molar-refractivity contribution in [2.24, 2.45) is 0 Å². The van der Waals surface area contributed by atoms with Crippen molar-refractivity contribution < 1.29 is 22.7 Å². The second-order valence-electron chi connectivity index (χ2n) is 8.20. The van der Waals surface area contributed by atoms with Crippen molar-refractivity contribution in [3.05, 3.63) is 66.0 Å². The summed E-state index contributed by atoms with van der Waals surface area (Å²) in [6.45, 7) is 0.960. The number of hydrogen-bond donors (Lipinski definition) is 2. The largest absolute Gasteiger partial charge is 0.455 e. The van der Waals surface area contributed by atoms with Gasteiger partial charge in [0.05, 0.1) is 11.9 Å². The van der Waals surface area contributed by atoms with E-state index in [4.69, 9.17) is 10.5 Å². The van der Waals surface area contributed by atoms with Crippen LogP contribution >= 0.6 is 0 Å². The SMILES string of the molecule is CS(=O)(=O)c1ccc(Oc2cc(C(=O)Nc3ncccc3N)ccc2CN2CCCCC2=O)cn1. The lowest BCUT2D eigenvalue weighted by molar-refractivity contribution is -0.133. The molecule has 0 aliphatic carbocycles. The van der Waals surface area contributed by atoms with Crippen LogP contribution in [0.1, 0.15) is 35.2 Å². The minimum absolute atomic E-state index is 0.0637. The monoisotopic (exact) mass is 495 g/mol. The van der Waals surface area contributed by atoms with Crippen LogP contribution in [-0.2, 0) is 21.2 Å². The molecule has 1 aliphatic rings. The number of hydrogen-bond acceptors (Lipinski definition) is 8. The summed E-state index contributed by atoms with van der Waals surface area (Å²) in [5.41, 5.74) is 7.19. The van der Waals surface area contributed by atoms with Crippen LogP contribution in [0.25, 0.3) is 0 Å². The van der Waals surface area contributed by atoms with Crippen molar-refractivity contribution in [2.45, 2.75) is 30.8 Å². The van der Waals surface area contributed by atoms with Crippen LogP contribution in [0.5, 0.6) is 11.5 Å². The highest BCUT2D eigenvalue weighted by Crippen LogP contribution is 2.29. The first-order valence-corrected chi connectivity index (χ1v) is 12.9. The number of piperidine rings is 1. The second-order valence-corrected chi connectivity index (χ2v) is 10.2. The smallest absolute Gasteiger partial charge is 0.257 e. The Kier molecular flexibility index (Phi) is 6.97. The number of aromatic nitrogens is 2. The lowest BCUT2D eigenvalue weighted by Gasteiger charge is -2.27. The van der Waals surface area contributed by atoms with Crippen molar-refractivity contribution in [3.8, 4) is 11.5 Å². The fraction of sp³-hybridized carbons (Fsp3) is 0.250. The molecule has 1 aliphatic heterocycles. The molecule has 0 bridgehead atoms. The van der Waals surface area contributed by atoms with Crippen LogP contribution in [0.15, 0.2) is 59.9 Å². The molecule has 3 heterocycles. The number of nitrogens with two attached hydrogens (primary N) is 1. The van der Waals surface area contributed by atoms with Crippen molar-refractivity contribution in [3.63, 3.8) is 0 Å². The first kappa shape index (κ1) is 24.1. The number of carbonyl (C=O) groups excluding carboxylic acids is 2. The maximum Gasteiger partial charge on any atom is 0.257 e. The Balaban J connectivity index is 1.63. The number of nitrogens with zero attached hydrogens (tertiary/aromatic N) is 3. The Morgan fingerprint density at radius 2 is 2.00 bits per heavy atom. The van der Waals surface area contributed by atoms with Crippen molar-refractivity contribution in [1.29, 1.82) is 0 Å². The van der Waals surface area contributed by atoms with Gasteiger partial charge < -0.3 is 20.7 Å². The molecular formula is C24H25N5O5S. The average Bonchev–Trinajstić information content (AvgIpc) is 2.83. The first-order valence-electron chi connectivity index (χ1n) is 11.0. The summed E-state index contributed by atoms with van der Waals surface area (Å²) in [4.78, 5) is 35.0. The predicted molar refractivity (Wildman–Crippen MR) is 130 cm³/mol. The molecule has 2 amide bonds. The van der Waals surface area contributed by atoms with Gasteiger partial charge in [0.15, 0.2) is 20.7 Å². The highest BCUT2D eigenvalue weighted by Gasteiger charge is 2.21. The van der Waals surface area contributed by atoms with Crippen molar-refractivity contribution in [2.75, 3.05) is 23.9 Å². The molecule has 0 saturated carbocycles. The summed E-state index contributed by atoms with van der Waals surface area (Å²) in [5, 5.41) is 2.60. The summed E-state index contributed by atoms with van der Waals surface area (Å²) in [6.07, 6.45) is 6.18. The number of rotatable bonds is 7. The summed E-state index contributed by atoms with van der Waals surface area (Å²) < 4.78 is 29.4.